The minimum Gasteiger partial charge on any atom is -0.467 e. The van der Waals surface area contributed by atoms with Gasteiger partial charge in [-0.25, -0.2) is 0 Å². The number of carbonyl (C=O) groups is 2. The zero-order valence-electron chi connectivity index (χ0n) is 13.7. The van der Waals surface area contributed by atoms with Gasteiger partial charge in [0.05, 0.1) is 18.6 Å². The maximum absolute atomic E-state index is 12.1. The number of hydrogen-bond donors (Lipinski definition) is 2. The standard InChI is InChI=1S/C17H16N4O3S2/c22-14(18-9-13-7-4-8-24-13)10-25-11-15-20-21-17(26-15)16(23)19-12-5-2-1-3-6-12/h1-8H,9-11H2,(H,18,22)(H,19,23). The number of rotatable bonds is 8. The molecule has 1 aromatic carbocycles. The van der Waals surface area contributed by atoms with E-state index < -0.39 is 0 Å². The van der Waals surface area contributed by atoms with Gasteiger partial charge in [-0.05, 0) is 24.3 Å². The molecule has 0 aliphatic heterocycles. The van der Waals surface area contributed by atoms with Crippen molar-refractivity contribution < 1.29 is 14.0 Å². The Morgan fingerprint density at radius 1 is 1.12 bits per heavy atom. The summed E-state index contributed by atoms with van der Waals surface area (Å²) in [5, 5.41) is 14.4. The highest BCUT2D eigenvalue weighted by Crippen LogP contribution is 2.18. The Bertz CT molecular complexity index is 850. The fourth-order valence-corrected chi connectivity index (χ4v) is 3.63. The maximum atomic E-state index is 12.1. The van der Waals surface area contributed by atoms with Gasteiger partial charge >= 0.3 is 0 Å². The molecule has 134 valence electrons. The molecule has 0 saturated carbocycles. The van der Waals surface area contributed by atoms with Crippen LogP contribution in [0.3, 0.4) is 0 Å². The number of carbonyl (C=O) groups excluding carboxylic acids is 2. The number of anilines is 1. The quantitative estimate of drug-likeness (QED) is 0.616. The molecule has 9 heteroatoms. The number of amides is 2. The van der Waals surface area contributed by atoms with Crippen LogP contribution in [0.15, 0.2) is 53.1 Å². The second-order valence-corrected chi connectivity index (χ2v) is 7.22. The molecule has 2 aromatic heterocycles. The zero-order valence-corrected chi connectivity index (χ0v) is 15.3. The summed E-state index contributed by atoms with van der Waals surface area (Å²) in [6.07, 6.45) is 1.57. The summed E-state index contributed by atoms with van der Waals surface area (Å²) in [6.45, 7) is 0.370. The van der Waals surface area contributed by atoms with Gasteiger partial charge in [-0.2, -0.15) is 0 Å². The van der Waals surface area contributed by atoms with Crippen molar-refractivity contribution in [2.75, 3.05) is 11.1 Å². The summed E-state index contributed by atoms with van der Waals surface area (Å²) in [5.41, 5.74) is 0.705. The molecule has 0 saturated heterocycles. The molecule has 2 amide bonds. The van der Waals surface area contributed by atoms with Gasteiger partial charge in [-0.1, -0.05) is 29.5 Å². The molecule has 0 unspecified atom stereocenters. The van der Waals surface area contributed by atoms with Crippen molar-refractivity contribution >= 4 is 40.6 Å². The molecule has 7 nitrogen and oxygen atoms in total. The fraction of sp³-hybridized carbons (Fsp3) is 0.176. The monoisotopic (exact) mass is 388 g/mol. The van der Waals surface area contributed by atoms with E-state index in [1.165, 1.54) is 23.1 Å². The molecule has 2 N–H and O–H groups in total. The number of thioether (sulfide) groups is 1. The van der Waals surface area contributed by atoms with E-state index in [1.807, 2.05) is 18.2 Å². The van der Waals surface area contributed by atoms with Gasteiger partial charge in [0.25, 0.3) is 5.91 Å². The molecule has 0 aliphatic carbocycles. The van der Waals surface area contributed by atoms with E-state index in [9.17, 15) is 9.59 Å². The lowest BCUT2D eigenvalue weighted by Gasteiger charge is -2.02. The molecule has 2 heterocycles. The number of hydrogen-bond acceptors (Lipinski definition) is 7. The van der Waals surface area contributed by atoms with Crippen LogP contribution in [0.1, 0.15) is 20.6 Å². The molecule has 26 heavy (non-hydrogen) atoms. The van der Waals surface area contributed by atoms with Gasteiger partial charge in [0.2, 0.25) is 10.9 Å². The number of furan rings is 1. The Labute approximate surface area is 158 Å². The summed E-state index contributed by atoms with van der Waals surface area (Å²) >= 11 is 2.64. The topological polar surface area (TPSA) is 97.1 Å². The van der Waals surface area contributed by atoms with Gasteiger partial charge in [0, 0.05) is 11.4 Å². The average molecular weight is 388 g/mol. The van der Waals surface area contributed by atoms with Crippen LogP contribution >= 0.6 is 23.1 Å². The first kappa shape index (κ1) is 18.2. The summed E-state index contributed by atoms with van der Waals surface area (Å²) in [4.78, 5) is 23.9. The molecular weight excluding hydrogens is 372 g/mol. The highest BCUT2D eigenvalue weighted by Gasteiger charge is 2.13. The van der Waals surface area contributed by atoms with E-state index in [1.54, 1.807) is 30.5 Å². The predicted octanol–water partition coefficient (Wildman–Crippen LogP) is 2.93. The third-order valence-corrected chi connectivity index (χ3v) is 5.24. The minimum atomic E-state index is -0.291. The lowest BCUT2D eigenvalue weighted by Crippen LogP contribution is -2.24. The highest BCUT2D eigenvalue weighted by molar-refractivity contribution is 7.99. The average Bonchev–Trinajstić information content (AvgIpc) is 3.33. The molecule has 0 aliphatic rings. The SMILES string of the molecule is O=C(CSCc1nnc(C(=O)Nc2ccccc2)s1)NCc1ccco1. The van der Waals surface area contributed by atoms with Gasteiger partial charge in [0.1, 0.15) is 10.8 Å². The van der Waals surface area contributed by atoms with Gasteiger partial charge < -0.3 is 15.1 Å². The second-order valence-electron chi connectivity index (χ2n) is 5.17. The van der Waals surface area contributed by atoms with Crippen molar-refractivity contribution in [1.82, 2.24) is 15.5 Å². The first-order chi connectivity index (χ1) is 12.7. The number of nitrogens with zero attached hydrogens (tertiary/aromatic N) is 2. The van der Waals surface area contributed by atoms with E-state index in [4.69, 9.17) is 4.42 Å². The zero-order chi connectivity index (χ0) is 18.2. The lowest BCUT2D eigenvalue weighted by atomic mass is 10.3. The van der Waals surface area contributed by atoms with Crippen molar-refractivity contribution in [3.63, 3.8) is 0 Å². The van der Waals surface area contributed by atoms with Crippen molar-refractivity contribution in [1.29, 1.82) is 0 Å². The third-order valence-electron chi connectivity index (χ3n) is 3.19. The second kappa shape index (κ2) is 9.16. The van der Waals surface area contributed by atoms with Gasteiger partial charge in [-0.15, -0.1) is 22.0 Å². The maximum Gasteiger partial charge on any atom is 0.286 e. The summed E-state index contributed by atoms with van der Waals surface area (Å²) in [5.74, 6) is 1.15. The van der Waals surface area contributed by atoms with E-state index in [0.717, 1.165) is 0 Å². The Balaban J connectivity index is 1.40. The Kier molecular flexibility index (Phi) is 6.39. The predicted molar refractivity (Wildman–Crippen MR) is 101 cm³/mol. The van der Waals surface area contributed by atoms with Crippen molar-refractivity contribution in [3.05, 3.63) is 64.5 Å². The number of benzene rings is 1. The largest absolute Gasteiger partial charge is 0.467 e. The van der Waals surface area contributed by atoms with E-state index in [-0.39, 0.29) is 11.8 Å². The van der Waals surface area contributed by atoms with Crippen molar-refractivity contribution in [2.45, 2.75) is 12.3 Å². The molecule has 0 atom stereocenters. The van der Waals surface area contributed by atoms with Crippen LogP contribution < -0.4 is 10.6 Å². The van der Waals surface area contributed by atoms with Crippen LogP contribution in [0.2, 0.25) is 0 Å². The number of nitrogens with one attached hydrogen (secondary N) is 2. The van der Waals surface area contributed by atoms with E-state index in [0.29, 0.717) is 39.5 Å². The van der Waals surface area contributed by atoms with Crippen molar-refractivity contribution in [3.8, 4) is 0 Å². The highest BCUT2D eigenvalue weighted by atomic mass is 32.2. The molecule has 3 aromatic rings. The first-order valence-electron chi connectivity index (χ1n) is 7.76. The van der Waals surface area contributed by atoms with Crippen LogP contribution in [-0.2, 0) is 17.1 Å². The van der Waals surface area contributed by atoms with Gasteiger partial charge in [-0.3, -0.25) is 9.59 Å². The Morgan fingerprint density at radius 3 is 2.73 bits per heavy atom. The van der Waals surface area contributed by atoms with Gasteiger partial charge in [0.15, 0.2) is 0 Å². The minimum absolute atomic E-state index is 0.0852. The molecule has 3 rings (SSSR count). The molecule has 0 fully saturated rings. The molecule has 0 radical (unpaired) electrons. The van der Waals surface area contributed by atoms with Crippen LogP contribution in [0.5, 0.6) is 0 Å². The smallest absolute Gasteiger partial charge is 0.286 e. The molecular formula is C17H16N4O3S2. The summed E-state index contributed by atoms with van der Waals surface area (Å²) in [7, 11) is 0. The summed E-state index contributed by atoms with van der Waals surface area (Å²) in [6, 6.07) is 12.7. The van der Waals surface area contributed by atoms with Crippen LogP contribution in [0, 0.1) is 0 Å². The number of aromatic nitrogens is 2. The normalized spacial score (nSPS) is 10.5. The van der Waals surface area contributed by atoms with E-state index in [2.05, 4.69) is 20.8 Å². The summed E-state index contributed by atoms with van der Waals surface area (Å²) < 4.78 is 5.15. The van der Waals surface area contributed by atoms with Crippen molar-refractivity contribution in [2.24, 2.45) is 0 Å². The number of para-hydroxylation sites is 1. The van der Waals surface area contributed by atoms with Crippen LogP contribution in [0.25, 0.3) is 0 Å². The third kappa shape index (κ3) is 5.43. The molecule has 0 bridgehead atoms. The Hall–Kier alpha value is -2.65. The first-order valence-corrected chi connectivity index (χ1v) is 9.73. The van der Waals surface area contributed by atoms with Crippen LogP contribution in [0.4, 0.5) is 5.69 Å². The Morgan fingerprint density at radius 2 is 1.96 bits per heavy atom. The fourth-order valence-electron chi connectivity index (χ4n) is 1.99. The molecule has 0 spiro atoms. The van der Waals surface area contributed by atoms with Crippen LogP contribution in [-0.4, -0.2) is 27.8 Å². The van der Waals surface area contributed by atoms with E-state index >= 15 is 0 Å². The lowest BCUT2D eigenvalue weighted by molar-refractivity contribution is -0.118.